The third-order valence-electron chi connectivity index (χ3n) is 1.82. The number of nitrogens with one attached hydrogen (secondary N) is 2. The van der Waals surface area contributed by atoms with Crippen molar-refractivity contribution in [2.75, 3.05) is 28.8 Å². The van der Waals surface area contributed by atoms with Crippen molar-refractivity contribution in [2.24, 2.45) is 5.84 Å². The molecule has 0 saturated heterocycles. The van der Waals surface area contributed by atoms with Gasteiger partial charge in [-0.05, 0) is 0 Å². The van der Waals surface area contributed by atoms with Crippen molar-refractivity contribution in [2.45, 2.75) is 6.92 Å². The fourth-order valence-electron chi connectivity index (χ4n) is 0.988. The molecular weight excluding hydrogens is 250 g/mol. The molecule has 8 heteroatoms. The van der Waals surface area contributed by atoms with Gasteiger partial charge in [-0.2, -0.15) is 4.98 Å². The molecule has 1 rings (SSSR count). The number of nitrogen functional groups attached to an aromatic ring is 1. The van der Waals surface area contributed by atoms with E-state index in [1.807, 2.05) is 6.92 Å². The van der Waals surface area contributed by atoms with Gasteiger partial charge in [0.15, 0.2) is 5.82 Å². The highest BCUT2D eigenvalue weighted by molar-refractivity contribution is 7.84. The third-order valence-corrected chi connectivity index (χ3v) is 3.40. The van der Waals surface area contributed by atoms with E-state index < -0.39 is 10.8 Å². The van der Waals surface area contributed by atoms with Gasteiger partial charge in [-0.3, -0.25) is 9.63 Å². The van der Waals surface area contributed by atoms with E-state index in [4.69, 9.17) is 17.4 Å². The molecule has 0 amide bonds. The summed E-state index contributed by atoms with van der Waals surface area (Å²) in [6, 6.07) is 0. The van der Waals surface area contributed by atoms with Gasteiger partial charge in [0.05, 0.1) is 6.20 Å². The lowest BCUT2D eigenvalue weighted by Crippen LogP contribution is -2.15. The van der Waals surface area contributed by atoms with Crippen molar-refractivity contribution < 1.29 is 4.21 Å². The molecule has 16 heavy (non-hydrogen) atoms. The Labute approximate surface area is 101 Å². The maximum atomic E-state index is 11.2. The van der Waals surface area contributed by atoms with Crippen molar-refractivity contribution in [3.63, 3.8) is 0 Å². The highest BCUT2D eigenvalue weighted by Gasteiger charge is 2.04. The van der Waals surface area contributed by atoms with Crippen LogP contribution in [0.5, 0.6) is 0 Å². The van der Waals surface area contributed by atoms with Crippen LogP contribution in [0.4, 0.5) is 11.8 Å². The molecule has 90 valence electrons. The predicted molar refractivity (Wildman–Crippen MR) is 66.9 cm³/mol. The second kappa shape index (κ2) is 6.62. The van der Waals surface area contributed by atoms with Gasteiger partial charge in [-0.1, -0.05) is 18.5 Å². The Hall–Kier alpha value is -0.920. The summed E-state index contributed by atoms with van der Waals surface area (Å²) in [5.41, 5.74) is 2.32. The fraction of sp³-hybridized carbons (Fsp3) is 0.500. The molecule has 1 atom stereocenters. The summed E-state index contributed by atoms with van der Waals surface area (Å²) in [7, 11) is -0.804. The fourth-order valence-corrected chi connectivity index (χ4v) is 1.76. The van der Waals surface area contributed by atoms with Crippen LogP contribution in [-0.2, 0) is 10.8 Å². The van der Waals surface area contributed by atoms with Crippen LogP contribution in [0.15, 0.2) is 6.20 Å². The number of rotatable bonds is 6. The molecule has 1 unspecified atom stereocenters. The first kappa shape index (κ1) is 13.1. The Morgan fingerprint density at radius 1 is 1.62 bits per heavy atom. The van der Waals surface area contributed by atoms with Gasteiger partial charge in [-0.15, -0.1) is 0 Å². The monoisotopic (exact) mass is 263 g/mol. The summed E-state index contributed by atoms with van der Waals surface area (Å²) in [6.07, 6.45) is 1.45. The zero-order valence-corrected chi connectivity index (χ0v) is 10.4. The second-order valence-electron chi connectivity index (χ2n) is 2.89. The molecule has 0 saturated carbocycles. The Kier molecular flexibility index (Phi) is 5.44. The summed E-state index contributed by atoms with van der Waals surface area (Å²) in [6.45, 7) is 2.42. The number of nitrogens with two attached hydrogens (primary N) is 1. The van der Waals surface area contributed by atoms with E-state index in [2.05, 4.69) is 20.7 Å². The molecule has 0 aliphatic rings. The molecule has 0 fully saturated rings. The van der Waals surface area contributed by atoms with Crippen molar-refractivity contribution in [1.82, 2.24) is 9.97 Å². The molecule has 0 radical (unpaired) electrons. The molecule has 0 spiro atoms. The van der Waals surface area contributed by atoms with Gasteiger partial charge >= 0.3 is 0 Å². The number of hydrogen-bond donors (Lipinski definition) is 3. The van der Waals surface area contributed by atoms with Crippen LogP contribution in [0.25, 0.3) is 0 Å². The Morgan fingerprint density at radius 3 is 3.00 bits per heavy atom. The van der Waals surface area contributed by atoms with E-state index in [-0.39, 0.29) is 5.95 Å². The van der Waals surface area contributed by atoms with E-state index in [9.17, 15) is 4.21 Å². The number of hydrazine groups is 1. The van der Waals surface area contributed by atoms with Gasteiger partial charge in [-0.25, -0.2) is 10.8 Å². The van der Waals surface area contributed by atoms with E-state index in [1.54, 1.807) is 0 Å². The van der Waals surface area contributed by atoms with Gasteiger partial charge in [0.25, 0.3) is 0 Å². The average molecular weight is 264 g/mol. The van der Waals surface area contributed by atoms with Crippen LogP contribution in [0, 0.1) is 0 Å². The molecular formula is C8H14ClN5OS. The minimum atomic E-state index is -0.804. The summed E-state index contributed by atoms with van der Waals surface area (Å²) in [4.78, 5) is 7.86. The lowest BCUT2D eigenvalue weighted by atomic mass is 10.5. The molecule has 1 heterocycles. The minimum absolute atomic E-state index is 0.281. The average Bonchev–Trinajstić information content (AvgIpc) is 2.31. The highest BCUT2D eigenvalue weighted by atomic mass is 35.5. The molecule has 0 aromatic carbocycles. The number of aromatic nitrogens is 2. The van der Waals surface area contributed by atoms with E-state index in [1.165, 1.54) is 6.20 Å². The first-order valence-corrected chi connectivity index (χ1v) is 6.62. The van der Waals surface area contributed by atoms with Crippen molar-refractivity contribution in [1.29, 1.82) is 0 Å². The topological polar surface area (TPSA) is 92.9 Å². The zero-order valence-electron chi connectivity index (χ0n) is 8.86. The molecule has 4 N–H and O–H groups in total. The number of nitrogens with zero attached hydrogens (tertiary/aromatic N) is 2. The van der Waals surface area contributed by atoms with Crippen molar-refractivity contribution in [3.8, 4) is 0 Å². The van der Waals surface area contributed by atoms with Crippen LogP contribution >= 0.6 is 11.6 Å². The first-order valence-electron chi connectivity index (χ1n) is 4.75. The molecule has 1 aromatic heterocycles. The van der Waals surface area contributed by atoms with Gasteiger partial charge in [0.1, 0.15) is 5.02 Å². The Morgan fingerprint density at radius 2 is 2.38 bits per heavy atom. The molecule has 6 nitrogen and oxygen atoms in total. The predicted octanol–water partition coefficient (Wildman–Crippen LogP) is 0.596. The SMILES string of the molecule is CCS(=O)CCNc1nc(NN)ncc1Cl. The first-order chi connectivity index (χ1) is 7.67. The van der Waals surface area contributed by atoms with Crippen LogP contribution in [-0.4, -0.2) is 32.2 Å². The molecule has 1 aromatic rings. The molecule has 0 bridgehead atoms. The summed E-state index contributed by atoms with van der Waals surface area (Å²) in [5.74, 6) is 7.14. The van der Waals surface area contributed by atoms with Crippen molar-refractivity contribution in [3.05, 3.63) is 11.2 Å². The standard InChI is InChI=1S/C8H14ClN5OS/c1-2-16(15)4-3-11-7-6(9)5-12-8(13-7)14-10/h5H,2-4,10H2,1H3,(H2,11,12,13,14). The Bertz CT molecular complexity index is 375. The lowest BCUT2D eigenvalue weighted by Gasteiger charge is -2.07. The van der Waals surface area contributed by atoms with Crippen LogP contribution < -0.4 is 16.6 Å². The highest BCUT2D eigenvalue weighted by Crippen LogP contribution is 2.18. The van der Waals surface area contributed by atoms with Gasteiger partial charge < -0.3 is 5.32 Å². The smallest absolute Gasteiger partial charge is 0.239 e. The summed E-state index contributed by atoms with van der Waals surface area (Å²) < 4.78 is 11.2. The molecule has 0 aliphatic carbocycles. The quantitative estimate of drug-likeness (QED) is 0.514. The van der Waals surface area contributed by atoms with Crippen LogP contribution in [0.1, 0.15) is 6.92 Å². The van der Waals surface area contributed by atoms with Crippen LogP contribution in [0.2, 0.25) is 5.02 Å². The number of hydrogen-bond acceptors (Lipinski definition) is 6. The maximum Gasteiger partial charge on any atom is 0.239 e. The van der Waals surface area contributed by atoms with Crippen LogP contribution in [0.3, 0.4) is 0 Å². The molecule has 0 aliphatic heterocycles. The van der Waals surface area contributed by atoms with Gasteiger partial charge in [0.2, 0.25) is 5.95 Å². The van der Waals surface area contributed by atoms with Crippen molar-refractivity contribution >= 4 is 34.2 Å². The van der Waals surface area contributed by atoms with E-state index in [0.29, 0.717) is 28.9 Å². The zero-order chi connectivity index (χ0) is 12.0. The lowest BCUT2D eigenvalue weighted by molar-refractivity contribution is 0.684. The minimum Gasteiger partial charge on any atom is -0.368 e. The normalized spacial score (nSPS) is 12.2. The number of anilines is 2. The van der Waals surface area contributed by atoms with E-state index in [0.717, 1.165) is 0 Å². The summed E-state index contributed by atoms with van der Waals surface area (Å²) in [5, 5.41) is 3.39. The van der Waals surface area contributed by atoms with E-state index >= 15 is 0 Å². The third kappa shape index (κ3) is 3.92. The maximum absolute atomic E-state index is 11.2. The van der Waals surface area contributed by atoms with Gasteiger partial charge in [0, 0.05) is 28.9 Å². The largest absolute Gasteiger partial charge is 0.368 e. The summed E-state index contributed by atoms with van der Waals surface area (Å²) >= 11 is 5.87. The Balaban J connectivity index is 2.55. The number of halogens is 1. The second-order valence-corrected chi connectivity index (χ2v) is 5.17.